The zero-order chi connectivity index (χ0) is 11.7. The molecule has 1 aromatic rings. The third-order valence-corrected chi connectivity index (χ3v) is 2.72. The van der Waals surface area contributed by atoms with E-state index in [1.165, 1.54) is 4.90 Å². The topological polar surface area (TPSA) is 62.5 Å². The SMILES string of the molecule is Cn1cccc1C(=O)N(CC(=O)O)C1CC1. The fourth-order valence-electron chi connectivity index (χ4n) is 1.73. The molecule has 1 aromatic heterocycles. The number of nitrogens with zero attached hydrogens (tertiary/aromatic N) is 2. The molecular formula is C11H14N2O3. The smallest absolute Gasteiger partial charge is 0.323 e. The van der Waals surface area contributed by atoms with Crippen molar-refractivity contribution in [3.63, 3.8) is 0 Å². The zero-order valence-corrected chi connectivity index (χ0v) is 9.09. The second-order valence-corrected chi connectivity index (χ2v) is 4.06. The van der Waals surface area contributed by atoms with Crippen LogP contribution in [0, 0.1) is 0 Å². The Morgan fingerprint density at radius 1 is 1.56 bits per heavy atom. The summed E-state index contributed by atoms with van der Waals surface area (Å²) >= 11 is 0. The Morgan fingerprint density at radius 2 is 2.25 bits per heavy atom. The highest BCUT2D eigenvalue weighted by Gasteiger charge is 2.34. The van der Waals surface area contributed by atoms with Crippen molar-refractivity contribution in [2.45, 2.75) is 18.9 Å². The third kappa shape index (κ3) is 2.08. The molecule has 0 saturated heterocycles. The number of carboxylic acids is 1. The van der Waals surface area contributed by atoms with E-state index >= 15 is 0 Å². The van der Waals surface area contributed by atoms with Crippen LogP contribution < -0.4 is 0 Å². The molecule has 0 radical (unpaired) electrons. The van der Waals surface area contributed by atoms with Crippen molar-refractivity contribution in [1.29, 1.82) is 0 Å². The number of hydrogen-bond acceptors (Lipinski definition) is 2. The van der Waals surface area contributed by atoms with Gasteiger partial charge in [-0.15, -0.1) is 0 Å². The van der Waals surface area contributed by atoms with Gasteiger partial charge in [-0.05, 0) is 25.0 Å². The van der Waals surface area contributed by atoms with E-state index in [2.05, 4.69) is 0 Å². The van der Waals surface area contributed by atoms with Crippen molar-refractivity contribution in [3.05, 3.63) is 24.0 Å². The van der Waals surface area contributed by atoms with Crippen LogP contribution in [0.3, 0.4) is 0 Å². The summed E-state index contributed by atoms with van der Waals surface area (Å²) in [4.78, 5) is 24.2. The Morgan fingerprint density at radius 3 is 2.69 bits per heavy atom. The first kappa shape index (κ1) is 10.7. The van der Waals surface area contributed by atoms with Gasteiger partial charge in [-0.1, -0.05) is 0 Å². The number of carbonyl (C=O) groups is 2. The molecule has 0 spiro atoms. The number of aryl methyl sites for hydroxylation is 1. The van der Waals surface area contributed by atoms with Gasteiger partial charge in [0.15, 0.2) is 0 Å². The first-order chi connectivity index (χ1) is 7.59. The monoisotopic (exact) mass is 222 g/mol. The van der Waals surface area contributed by atoms with Gasteiger partial charge in [0.25, 0.3) is 5.91 Å². The van der Waals surface area contributed by atoms with Crippen molar-refractivity contribution in [3.8, 4) is 0 Å². The fourth-order valence-corrected chi connectivity index (χ4v) is 1.73. The second-order valence-electron chi connectivity index (χ2n) is 4.06. The van der Waals surface area contributed by atoms with E-state index < -0.39 is 5.97 Å². The molecule has 0 aromatic carbocycles. The minimum Gasteiger partial charge on any atom is -0.480 e. The van der Waals surface area contributed by atoms with E-state index in [4.69, 9.17) is 5.11 Å². The summed E-state index contributed by atoms with van der Waals surface area (Å²) < 4.78 is 1.71. The number of carbonyl (C=O) groups excluding carboxylic acids is 1. The quantitative estimate of drug-likeness (QED) is 0.816. The van der Waals surface area contributed by atoms with Gasteiger partial charge < -0.3 is 14.6 Å². The van der Waals surface area contributed by atoms with Crippen LogP contribution in [0.15, 0.2) is 18.3 Å². The summed E-state index contributed by atoms with van der Waals surface area (Å²) in [5.74, 6) is -1.16. The van der Waals surface area contributed by atoms with Crippen LogP contribution in [0.2, 0.25) is 0 Å². The molecule has 86 valence electrons. The zero-order valence-electron chi connectivity index (χ0n) is 9.09. The van der Waals surface area contributed by atoms with Crippen LogP contribution in [0.1, 0.15) is 23.3 Å². The molecule has 1 fully saturated rings. The molecule has 1 aliphatic rings. The highest BCUT2D eigenvalue weighted by atomic mass is 16.4. The van der Waals surface area contributed by atoms with Gasteiger partial charge in [-0.25, -0.2) is 0 Å². The lowest BCUT2D eigenvalue weighted by Crippen LogP contribution is -2.38. The maximum absolute atomic E-state index is 12.1. The van der Waals surface area contributed by atoms with Crippen molar-refractivity contribution in [2.24, 2.45) is 7.05 Å². The normalized spacial score (nSPS) is 14.8. The summed E-state index contributed by atoms with van der Waals surface area (Å²) in [6.07, 6.45) is 3.59. The van der Waals surface area contributed by atoms with Crippen molar-refractivity contribution in [1.82, 2.24) is 9.47 Å². The van der Waals surface area contributed by atoms with E-state index in [9.17, 15) is 9.59 Å². The van der Waals surface area contributed by atoms with Gasteiger partial charge in [-0.2, -0.15) is 0 Å². The van der Waals surface area contributed by atoms with Gasteiger partial charge >= 0.3 is 5.97 Å². The third-order valence-electron chi connectivity index (χ3n) is 2.72. The van der Waals surface area contributed by atoms with E-state index in [-0.39, 0.29) is 18.5 Å². The molecule has 1 N–H and O–H groups in total. The molecule has 1 amide bonds. The fraction of sp³-hybridized carbons (Fsp3) is 0.455. The molecule has 1 saturated carbocycles. The average molecular weight is 222 g/mol. The summed E-state index contributed by atoms with van der Waals surface area (Å²) in [6.45, 7) is -0.214. The van der Waals surface area contributed by atoms with Crippen molar-refractivity contribution < 1.29 is 14.7 Å². The van der Waals surface area contributed by atoms with E-state index in [0.717, 1.165) is 12.8 Å². The van der Waals surface area contributed by atoms with Crippen LogP contribution in [-0.4, -0.2) is 39.0 Å². The molecule has 16 heavy (non-hydrogen) atoms. The Hall–Kier alpha value is -1.78. The van der Waals surface area contributed by atoms with Crippen LogP contribution in [0.5, 0.6) is 0 Å². The van der Waals surface area contributed by atoms with E-state index in [0.29, 0.717) is 5.69 Å². The Kier molecular flexibility index (Phi) is 2.68. The maximum atomic E-state index is 12.1. The van der Waals surface area contributed by atoms with Crippen LogP contribution in [0.4, 0.5) is 0 Å². The molecule has 0 aliphatic heterocycles. The minimum atomic E-state index is -0.963. The summed E-state index contributed by atoms with van der Waals surface area (Å²) in [5.41, 5.74) is 0.535. The Labute approximate surface area is 93.3 Å². The lowest BCUT2D eigenvalue weighted by molar-refractivity contribution is -0.137. The van der Waals surface area contributed by atoms with Crippen LogP contribution in [0.25, 0.3) is 0 Å². The summed E-state index contributed by atoms with van der Waals surface area (Å²) in [7, 11) is 1.78. The van der Waals surface area contributed by atoms with Crippen LogP contribution >= 0.6 is 0 Å². The number of carboxylic acid groups (broad SMARTS) is 1. The molecule has 2 rings (SSSR count). The Bertz CT molecular complexity index is 421. The first-order valence-corrected chi connectivity index (χ1v) is 5.23. The molecular weight excluding hydrogens is 208 g/mol. The minimum absolute atomic E-state index is 0.110. The Balaban J connectivity index is 2.17. The molecule has 5 heteroatoms. The number of hydrogen-bond donors (Lipinski definition) is 1. The summed E-state index contributed by atoms with van der Waals surface area (Å²) in [5, 5.41) is 8.78. The first-order valence-electron chi connectivity index (χ1n) is 5.23. The lowest BCUT2D eigenvalue weighted by Gasteiger charge is -2.20. The lowest BCUT2D eigenvalue weighted by atomic mass is 10.3. The number of amides is 1. The van der Waals surface area contributed by atoms with E-state index in [1.807, 2.05) is 0 Å². The van der Waals surface area contributed by atoms with E-state index in [1.54, 1.807) is 29.9 Å². The predicted molar refractivity (Wildman–Crippen MR) is 57.1 cm³/mol. The van der Waals surface area contributed by atoms with Crippen molar-refractivity contribution >= 4 is 11.9 Å². The predicted octanol–water partition coefficient (Wildman–Crippen LogP) is 0.714. The molecule has 0 bridgehead atoms. The standard InChI is InChI=1S/C11H14N2O3/c1-12-6-2-3-9(12)11(16)13(7-10(14)15)8-4-5-8/h2-3,6,8H,4-5,7H2,1H3,(H,14,15). The number of aromatic nitrogens is 1. The highest BCUT2D eigenvalue weighted by molar-refractivity contribution is 5.95. The second kappa shape index (κ2) is 4.00. The maximum Gasteiger partial charge on any atom is 0.323 e. The summed E-state index contributed by atoms with van der Waals surface area (Å²) in [6, 6.07) is 3.59. The van der Waals surface area contributed by atoms with Gasteiger partial charge in [0, 0.05) is 19.3 Å². The largest absolute Gasteiger partial charge is 0.480 e. The molecule has 1 aliphatic carbocycles. The van der Waals surface area contributed by atoms with Gasteiger partial charge in [0.2, 0.25) is 0 Å². The molecule has 0 unspecified atom stereocenters. The highest BCUT2D eigenvalue weighted by Crippen LogP contribution is 2.27. The molecule has 0 atom stereocenters. The number of rotatable bonds is 4. The average Bonchev–Trinajstić information content (AvgIpc) is 2.97. The molecule has 5 nitrogen and oxygen atoms in total. The molecule has 1 heterocycles. The van der Waals surface area contributed by atoms with Crippen molar-refractivity contribution in [2.75, 3.05) is 6.54 Å². The van der Waals surface area contributed by atoms with Gasteiger partial charge in [-0.3, -0.25) is 9.59 Å². The van der Waals surface area contributed by atoms with Gasteiger partial charge in [0.1, 0.15) is 12.2 Å². The van der Waals surface area contributed by atoms with Crippen LogP contribution in [-0.2, 0) is 11.8 Å². The van der Waals surface area contributed by atoms with Gasteiger partial charge in [0.05, 0.1) is 0 Å². The number of aliphatic carboxylic acids is 1.